The molecule has 2 aromatic carbocycles. The minimum absolute atomic E-state index is 0.00675. The molecule has 1 atom stereocenters. The number of carbonyl (C=O) groups is 1. The lowest BCUT2D eigenvalue weighted by Crippen LogP contribution is -2.41. The van der Waals surface area contributed by atoms with E-state index in [4.69, 9.17) is 23.2 Å². The molecule has 0 bridgehead atoms. The number of halogens is 2. The fraction of sp³-hybridized carbons (Fsp3) is 0.350. The number of anilines is 1. The molecule has 9 heteroatoms. The first-order chi connectivity index (χ1) is 13.8. The van der Waals surface area contributed by atoms with Crippen LogP contribution < -0.4 is 4.72 Å². The van der Waals surface area contributed by atoms with Gasteiger partial charge in [-0.25, -0.2) is 8.42 Å². The van der Waals surface area contributed by atoms with E-state index >= 15 is 0 Å². The first-order valence-electron chi connectivity index (χ1n) is 9.24. The van der Waals surface area contributed by atoms with Gasteiger partial charge in [0.25, 0.3) is 10.0 Å². The molecule has 1 amide bonds. The van der Waals surface area contributed by atoms with Gasteiger partial charge in [0.05, 0.1) is 21.4 Å². The van der Waals surface area contributed by atoms with Crippen molar-refractivity contribution in [3.63, 3.8) is 0 Å². The van der Waals surface area contributed by atoms with Crippen LogP contribution in [0.4, 0.5) is 5.69 Å². The largest absolute Gasteiger partial charge is 0.396 e. The van der Waals surface area contributed by atoms with Gasteiger partial charge in [-0.05, 0) is 54.7 Å². The highest BCUT2D eigenvalue weighted by molar-refractivity contribution is 7.92. The smallest absolute Gasteiger partial charge is 0.261 e. The third-order valence-corrected chi connectivity index (χ3v) is 7.01. The number of sulfonamides is 1. The second kappa shape index (κ2) is 9.34. The summed E-state index contributed by atoms with van der Waals surface area (Å²) in [5.74, 6) is 0.151. The molecule has 3 rings (SSSR count). The molecule has 0 aromatic heterocycles. The number of nitrogens with one attached hydrogen (secondary N) is 1. The monoisotopic (exact) mass is 456 g/mol. The number of aliphatic hydroxyl groups excluding tert-OH is 1. The van der Waals surface area contributed by atoms with Crippen LogP contribution in [0.15, 0.2) is 47.4 Å². The zero-order valence-electron chi connectivity index (χ0n) is 15.6. The summed E-state index contributed by atoms with van der Waals surface area (Å²) < 4.78 is 27.5. The van der Waals surface area contributed by atoms with Gasteiger partial charge < -0.3 is 10.0 Å². The highest BCUT2D eigenvalue weighted by Gasteiger charge is 2.23. The summed E-state index contributed by atoms with van der Waals surface area (Å²) in [7, 11) is -3.81. The standard InChI is InChI=1S/C20H22Cl2N2O4S/c21-18-8-7-17(11-19(18)22)29(27,28)23-16-5-3-14(4-6-16)10-20(26)24-9-1-2-15(12-24)13-25/h3-8,11,15,23,25H,1-2,9-10,12-13H2. The first-order valence-corrected chi connectivity index (χ1v) is 11.5. The van der Waals surface area contributed by atoms with Gasteiger partial charge in [0.2, 0.25) is 5.91 Å². The second-order valence-electron chi connectivity index (χ2n) is 7.09. The maximum absolute atomic E-state index is 12.5. The van der Waals surface area contributed by atoms with Crippen LogP contribution in [0.2, 0.25) is 10.0 Å². The summed E-state index contributed by atoms with van der Waals surface area (Å²) in [4.78, 5) is 14.3. The Kier molecular flexibility index (Phi) is 7.05. The number of hydrogen-bond acceptors (Lipinski definition) is 4. The Balaban J connectivity index is 1.64. The van der Waals surface area contributed by atoms with E-state index in [2.05, 4.69) is 4.72 Å². The highest BCUT2D eigenvalue weighted by atomic mass is 35.5. The summed E-state index contributed by atoms with van der Waals surface area (Å²) in [6.07, 6.45) is 2.07. The molecule has 6 nitrogen and oxygen atoms in total. The number of rotatable bonds is 6. The Morgan fingerprint density at radius 1 is 1.14 bits per heavy atom. The Labute approximate surface area is 180 Å². The van der Waals surface area contributed by atoms with Crippen LogP contribution in [0.3, 0.4) is 0 Å². The predicted molar refractivity (Wildman–Crippen MR) is 114 cm³/mol. The lowest BCUT2D eigenvalue weighted by Gasteiger charge is -2.32. The summed E-state index contributed by atoms with van der Waals surface area (Å²) in [6, 6.07) is 10.8. The number of aliphatic hydroxyl groups is 1. The molecule has 1 aliphatic rings. The maximum Gasteiger partial charge on any atom is 0.261 e. The van der Waals surface area contributed by atoms with E-state index in [0.717, 1.165) is 18.4 Å². The van der Waals surface area contributed by atoms with E-state index < -0.39 is 10.0 Å². The van der Waals surface area contributed by atoms with Crippen LogP contribution in [0.25, 0.3) is 0 Å². The van der Waals surface area contributed by atoms with Crippen molar-refractivity contribution in [2.24, 2.45) is 5.92 Å². The molecule has 1 unspecified atom stereocenters. The minimum Gasteiger partial charge on any atom is -0.396 e. The van der Waals surface area contributed by atoms with Crippen LogP contribution in [-0.4, -0.2) is 44.0 Å². The van der Waals surface area contributed by atoms with Gasteiger partial charge in [0.15, 0.2) is 0 Å². The van der Waals surface area contributed by atoms with Crippen LogP contribution in [-0.2, 0) is 21.2 Å². The molecule has 0 spiro atoms. The van der Waals surface area contributed by atoms with Crippen LogP contribution >= 0.6 is 23.2 Å². The van der Waals surface area contributed by atoms with Crippen molar-refractivity contribution in [1.29, 1.82) is 0 Å². The molecule has 2 N–H and O–H groups in total. The average molecular weight is 457 g/mol. The van der Waals surface area contributed by atoms with Gasteiger partial charge in [-0.3, -0.25) is 9.52 Å². The van der Waals surface area contributed by atoms with Gasteiger partial charge in [0.1, 0.15) is 0 Å². The number of amides is 1. The zero-order chi connectivity index (χ0) is 21.0. The van der Waals surface area contributed by atoms with Gasteiger partial charge in [-0.1, -0.05) is 35.3 Å². The molecule has 1 saturated heterocycles. The zero-order valence-corrected chi connectivity index (χ0v) is 18.0. The van der Waals surface area contributed by atoms with Crippen molar-refractivity contribution in [2.75, 3.05) is 24.4 Å². The molecular weight excluding hydrogens is 435 g/mol. The number of piperidine rings is 1. The summed E-state index contributed by atoms with van der Waals surface area (Å²) >= 11 is 11.7. The lowest BCUT2D eigenvalue weighted by atomic mass is 9.98. The second-order valence-corrected chi connectivity index (χ2v) is 9.58. The normalized spacial score (nSPS) is 17.2. The third-order valence-electron chi connectivity index (χ3n) is 4.89. The molecule has 1 aliphatic heterocycles. The van der Waals surface area contributed by atoms with Crippen molar-refractivity contribution in [3.8, 4) is 0 Å². The summed E-state index contributed by atoms with van der Waals surface area (Å²) in [6.45, 7) is 1.38. The first kappa shape index (κ1) is 21.9. The number of likely N-dealkylation sites (tertiary alicyclic amines) is 1. The predicted octanol–water partition coefficient (Wildman–Crippen LogP) is 3.57. The topological polar surface area (TPSA) is 86.7 Å². The van der Waals surface area contributed by atoms with Crippen molar-refractivity contribution < 1.29 is 18.3 Å². The number of nitrogens with zero attached hydrogens (tertiary/aromatic N) is 1. The Morgan fingerprint density at radius 2 is 1.86 bits per heavy atom. The molecule has 0 aliphatic carbocycles. The molecule has 0 radical (unpaired) electrons. The quantitative estimate of drug-likeness (QED) is 0.695. The van der Waals surface area contributed by atoms with E-state index in [1.165, 1.54) is 18.2 Å². The number of carbonyl (C=O) groups excluding carboxylic acids is 1. The van der Waals surface area contributed by atoms with Gasteiger partial charge in [-0.15, -0.1) is 0 Å². The fourth-order valence-corrected chi connectivity index (χ4v) is 4.72. The van der Waals surface area contributed by atoms with Crippen LogP contribution in [0.5, 0.6) is 0 Å². The van der Waals surface area contributed by atoms with Crippen LogP contribution in [0.1, 0.15) is 18.4 Å². The summed E-state index contributed by atoms with van der Waals surface area (Å²) in [5.41, 5.74) is 1.17. The van der Waals surface area contributed by atoms with E-state index in [1.807, 2.05) is 0 Å². The van der Waals surface area contributed by atoms with Crippen molar-refractivity contribution in [2.45, 2.75) is 24.2 Å². The Hall–Kier alpha value is -1.80. The van der Waals surface area contributed by atoms with Gasteiger partial charge in [0, 0.05) is 25.4 Å². The minimum atomic E-state index is -3.81. The van der Waals surface area contributed by atoms with E-state index in [1.54, 1.807) is 29.2 Å². The molecule has 29 heavy (non-hydrogen) atoms. The maximum atomic E-state index is 12.5. The Bertz CT molecular complexity index is 980. The number of hydrogen-bond donors (Lipinski definition) is 2. The third kappa shape index (κ3) is 5.63. The van der Waals surface area contributed by atoms with Crippen LogP contribution in [0, 0.1) is 5.92 Å². The van der Waals surface area contributed by atoms with Crippen molar-refractivity contribution in [1.82, 2.24) is 4.90 Å². The van der Waals surface area contributed by atoms with E-state index in [-0.39, 0.29) is 39.8 Å². The molecule has 0 saturated carbocycles. The van der Waals surface area contributed by atoms with E-state index in [9.17, 15) is 18.3 Å². The molecule has 1 heterocycles. The number of benzene rings is 2. The Morgan fingerprint density at radius 3 is 2.52 bits per heavy atom. The van der Waals surface area contributed by atoms with E-state index in [0.29, 0.717) is 18.8 Å². The molecule has 2 aromatic rings. The SMILES string of the molecule is O=C(Cc1ccc(NS(=O)(=O)c2ccc(Cl)c(Cl)c2)cc1)N1CCCC(CO)C1. The highest BCUT2D eigenvalue weighted by Crippen LogP contribution is 2.26. The van der Waals surface area contributed by atoms with Crippen molar-refractivity contribution >= 4 is 44.8 Å². The molecular formula is C20H22Cl2N2O4S. The van der Waals surface area contributed by atoms with Crippen molar-refractivity contribution in [3.05, 3.63) is 58.1 Å². The average Bonchev–Trinajstić information content (AvgIpc) is 2.71. The fourth-order valence-electron chi connectivity index (χ4n) is 3.28. The lowest BCUT2D eigenvalue weighted by molar-refractivity contribution is -0.132. The van der Waals surface area contributed by atoms with Gasteiger partial charge >= 0.3 is 0 Å². The van der Waals surface area contributed by atoms with Gasteiger partial charge in [-0.2, -0.15) is 0 Å². The molecule has 156 valence electrons. The summed E-state index contributed by atoms with van der Waals surface area (Å²) in [5, 5.41) is 9.74. The molecule has 1 fully saturated rings.